The normalized spacial score (nSPS) is 20.9. The van der Waals surface area contributed by atoms with Crippen LogP contribution in [0.4, 0.5) is 0 Å². The van der Waals surface area contributed by atoms with Crippen molar-refractivity contribution >= 4 is 0 Å². The Balaban J connectivity index is 1.62. The second kappa shape index (κ2) is 6.94. The van der Waals surface area contributed by atoms with Gasteiger partial charge >= 0.3 is 0 Å². The fraction of sp³-hybridized carbons (Fsp3) is 0.400. The quantitative estimate of drug-likeness (QED) is 0.689. The molecule has 5 heteroatoms. The van der Waals surface area contributed by atoms with Gasteiger partial charge in [0.1, 0.15) is 23.0 Å². The van der Waals surface area contributed by atoms with E-state index in [1.54, 1.807) is 14.2 Å². The lowest BCUT2D eigenvalue weighted by atomic mass is 10.1. The summed E-state index contributed by atoms with van der Waals surface area (Å²) in [6, 6.07) is 11.8. The Kier molecular flexibility index (Phi) is 4.51. The molecule has 2 atom stereocenters. The third kappa shape index (κ3) is 4.06. The number of hydrogen-bond acceptors (Lipinski definition) is 5. The molecule has 132 valence electrons. The monoisotopic (exact) mass is 342 g/mol. The molecule has 0 N–H and O–H groups in total. The maximum Gasteiger partial charge on any atom is 0.131 e. The van der Waals surface area contributed by atoms with Crippen LogP contribution in [0.1, 0.15) is 11.1 Å². The molecular weight excluding hydrogens is 320 g/mol. The first-order valence-electron chi connectivity index (χ1n) is 8.50. The first-order chi connectivity index (χ1) is 12.2. The van der Waals surface area contributed by atoms with E-state index < -0.39 is 0 Å². The molecule has 0 aliphatic carbocycles. The summed E-state index contributed by atoms with van der Waals surface area (Å²) in [4.78, 5) is 0. The molecule has 25 heavy (non-hydrogen) atoms. The Morgan fingerprint density at radius 1 is 0.800 bits per heavy atom. The van der Waals surface area contributed by atoms with Gasteiger partial charge in [0.05, 0.1) is 39.6 Å². The highest BCUT2D eigenvalue weighted by Crippen LogP contribution is 2.35. The van der Waals surface area contributed by atoms with Crippen molar-refractivity contribution in [2.75, 3.05) is 27.4 Å². The van der Waals surface area contributed by atoms with E-state index >= 15 is 0 Å². The number of benzene rings is 2. The van der Waals surface area contributed by atoms with Gasteiger partial charge in [-0.25, -0.2) is 0 Å². The van der Waals surface area contributed by atoms with Crippen LogP contribution in [-0.2, 0) is 22.3 Å². The van der Waals surface area contributed by atoms with E-state index in [2.05, 4.69) is 0 Å². The Morgan fingerprint density at radius 2 is 1.24 bits per heavy atom. The summed E-state index contributed by atoms with van der Waals surface area (Å²) in [6.07, 6.45) is 2.21. The van der Waals surface area contributed by atoms with Crippen molar-refractivity contribution in [3.8, 4) is 23.0 Å². The topological polar surface area (TPSA) is 52.8 Å². The van der Waals surface area contributed by atoms with Crippen molar-refractivity contribution < 1.29 is 23.7 Å². The van der Waals surface area contributed by atoms with E-state index in [0.29, 0.717) is 0 Å². The molecule has 2 aromatic rings. The van der Waals surface area contributed by atoms with Crippen LogP contribution in [0.5, 0.6) is 23.0 Å². The van der Waals surface area contributed by atoms with Crippen molar-refractivity contribution in [2.24, 2.45) is 0 Å². The first kappa shape index (κ1) is 16.2. The van der Waals surface area contributed by atoms with E-state index in [1.165, 1.54) is 0 Å². The van der Waals surface area contributed by atoms with Gasteiger partial charge in [-0.15, -0.1) is 0 Å². The SMILES string of the molecule is COc1ccc(Oc2ccc(OC)cc2C[C@H]2CO2)c(C[C@H]2CO2)c1. The number of methoxy groups -OCH3 is 2. The smallest absolute Gasteiger partial charge is 0.131 e. The van der Waals surface area contributed by atoms with Gasteiger partial charge < -0.3 is 23.7 Å². The Morgan fingerprint density at radius 3 is 1.60 bits per heavy atom. The van der Waals surface area contributed by atoms with Crippen LogP contribution in [0.3, 0.4) is 0 Å². The highest BCUT2D eigenvalue weighted by molar-refractivity contribution is 5.47. The second-order valence-corrected chi connectivity index (χ2v) is 6.37. The van der Waals surface area contributed by atoms with Gasteiger partial charge in [-0.05, 0) is 36.4 Å². The number of rotatable bonds is 8. The molecule has 5 nitrogen and oxygen atoms in total. The molecule has 2 aliphatic heterocycles. The van der Waals surface area contributed by atoms with Crippen LogP contribution < -0.4 is 14.2 Å². The van der Waals surface area contributed by atoms with Crippen molar-refractivity contribution in [3.63, 3.8) is 0 Å². The van der Waals surface area contributed by atoms with Crippen LogP contribution in [0, 0.1) is 0 Å². The standard InChI is InChI=1S/C20H22O5/c1-21-15-3-5-19(13(7-15)9-17-11-23-17)25-20-6-4-16(22-2)8-14(20)10-18-12-24-18/h3-8,17-18H,9-12H2,1-2H3/t17-,18-/m0/s1. The fourth-order valence-electron chi connectivity index (χ4n) is 2.86. The molecule has 2 aliphatic rings. The van der Waals surface area contributed by atoms with Gasteiger partial charge in [0.2, 0.25) is 0 Å². The number of ether oxygens (including phenoxy) is 5. The summed E-state index contributed by atoms with van der Waals surface area (Å²) in [5.74, 6) is 3.31. The number of epoxide rings is 2. The minimum absolute atomic E-state index is 0.282. The summed E-state index contributed by atoms with van der Waals surface area (Å²) in [7, 11) is 3.34. The van der Waals surface area contributed by atoms with Crippen molar-refractivity contribution in [3.05, 3.63) is 47.5 Å². The lowest BCUT2D eigenvalue weighted by Crippen LogP contribution is -2.01. The third-order valence-corrected chi connectivity index (χ3v) is 4.46. The highest BCUT2D eigenvalue weighted by Gasteiger charge is 2.26. The van der Waals surface area contributed by atoms with E-state index in [9.17, 15) is 0 Å². The van der Waals surface area contributed by atoms with Gasteiger partial charge in [-0.1, -0.05) is 0 Å². The van der Waals surface area contributed by atoms with Crippen LogP contribution in [0.15, 0.2) is 36.4 Å². The molecular formula is C20H22O5. The van der Waals surface area contributed by atoms with E-state index in [1.807, 2.05) is 36.4 Å². The van der Waals surface area contributed by atoms with Gasteiger partial charge in [0.15, 0.2) is 0 Å². The third-order valence-electron chi connectivity index (χ3n) is 4.46. The van der Waals surface area contributed by atoms with Gasteiger partial charge in [0.25, 0.3) is 0 Å². The van der Waals surface area contributed by atoms with Gasteiger partial charge in [0, 0.05) is 24.0 Å². The van der Waals surface area contributed by atoms with Crippen LogP contribution in [0.25, 0.3) is 0 Å². The minimum atomic E-state index is 0.282. The Labute approximate surface area is 147 Å². The highest BCUT2D eigenvalue weighted by atomic mass is 16.6. The molecule has 4 rings (SSSR count). The summed E-state index contributed by atoms with van der Waals surface area (Å²) in [5, 5.41) is 0. The minimum Gasteiger partial charge on any atom is -0.497 e. The molecule has 0 aromatic heterocycles. The van der Waals surface area contributed by atoms with Crippen molar-refractivity contribution in [1.82, 2.24) is 0 Å². The molecule has 2 fully saturated rings. The summed E-state index contributed by atoms with van der Waals surface area (Å²) < 4.78 is 27.7. The van der Waals surface area contributed by atoms with E-state index in [0.717, 1.165) is 60.2 Å². The van der Waals surface area contributed by atoms with E-state index in [-0.39, 0.29) is 12.2 Å². The molecule has 0 bridgehead atoms. The molecule has 0 spiro atoms. The lowest BCUT2D eigenvalue weighted by Gasteiger charge is -2.15. The molecule has 0 saturated carbocycles. The number of hydrogen-bond donors (Lipinski definition) is 0. The van der Waals surface area contributed by atoms with Crippen LogP contribution in [0.2, 0.25) is 0 Å². The Bertz CT molecular complexity index is 686. The molecule has 2 heterocycles. The first-order valence-corrected chi connectivity index (χ1v) is 8.50. The maximum absolute atomic E-state index is 6.27. The van der Waals surface area contributed by atoms with Crippen LogP contribution in [-0.4, -0.2) is 39.6 Å². The summed E-state index contributed by atoms with van der Waals surface area (Å²) in [6.45, 7) is 1.62. The average Bonchev–Trinajstić information content (AvgIpc) is 3.54. The van der Waals surface area contributed by atoms with Crippen molar-refractivity contribution in [2.45, 2.75) is 25.0 Å². The zero-order valence-electron chi connectivity index (χ0n) is 14.5. The summed E-state index contributed by atoms with van der Waals surface area (Å²) >= 11 is 0. The Hall–Kier alpha value is -2.24. The fourth-order valence-corrected chi connectivity index (χ4v) is 2.86. The molecule has 2 saturated heterocycles. The van der Waals surface area contributed by atoms with Gasteiger partial charge in [-0.2, -0.15) is 0 Å². The molecule has 2 aromatic carbocycles. The molecule has 0 unspecified atom stereocenters. The van der Waals surface area contributed by atoms with Crippen molar-refractivity contribution in [1.29, 1.82) is 0 Å². The average molecular weight is 342 g/mol. The predicted octanol–water partition coefficient (Wildman–Crippen LogP) is 3.38. The molecule has 0 amide bonds. The van der Waals surface area contributed by atoms with Crippen LogP contribution >= 0.6 is 0 Å². The summed E-state index contributed by atoms with van der Waals surface area (Å²) in [5.41, 5.74) is 2.18. The maximum atomic E-state index is 6.27. The van der Waals surface area contributed by atoms with E-state index in [4.69, 9.17) is 23.7 Å². The zero-order chi connectivity index (χ0) is 17.2. The second-order valence-electron chi connectivity index (χ2n) is 6.37. The molecule has 0 radical (unpaired) electrons. The largest absolute Gasteiger partial charge is 0.497 e. The zero-order valence-corrected chi connectivity index (χ0v) is 14.5. The van der Waals surface area contributed by atoms with Gasteiger partial charge in [-0.3, -0.25) is 0 Å². The predicted molar refractivity (Wildman–Crippen MR) is 93.0 cm³/mol. The lowest BCUT2D eigenvalue weighted by molar-refractivity contribution is 0.392.